The van der Waals surface area contributed by atoms with Gasteiger partial charge < -0.3 is 9.71 Å². The van der Waals surface area contributed by atoms with E-state index in [1.54, 1.807) is 0 Å². The molecule has 0 radical (unpaired) electrons. The molecular formula is C30H26N2O2S. The molecule has 0 aliphatic carbocycles. The molecule has 0 aliphatic rings. The van der Waals surface area contributed by atoms with Crippen LogP contribution in [0.25, 0.3) is 22.0 Å². The van der Waals surface area contributed by atoms with Crippen LogP contribution in [0.1, 0.15) is 17.5 Å². The van der Waals surface area contributed by atoms with E-state index in [2.05, 4.69) is 27.9 Å². The molecule has 0 amide bonds. The number of fused-ring (bicyclic) bond motifs is 1. The quantitative estimate of drug-likeness (QED) is 0.247. The standard InChI is InChI=1S/C30H26N2O2S/c33-27(17-13-23-10-14-25-18-19-31-29(25)21-23)20-22-11-15-26(16-12-22)32-35(34)30-9-5-4-8-28(30)24-6-2-1-3-7-24/h1-12,14-16,18-19,21,31-32H,13,17,20H2. The Kier molecular flexibility index (Phi) is 6.87. The minimum atomic E-state index is -1.41. The van der Waals surface area contributed by atoms with Gasteiger partial charge in [0.05, 0.1) is 4.90 Å². The van der Waals surface area contributed by atoms with Crippen LogP contribution in [0, 0.1) is 0 Å². The SMILES string of the molecule is O=C(CCc1ccc2cc[nH]c2c1)Cc1ccc(NS(=O)c2ccccc2-c2ccccc2)cc1. The monoisotopic (exact) mass is 478 g/mol. The predicted octanol–water partition coefficient (Wildman–Crippen LogP) is 6.71. The van der Waals surface area contributed by atoms with Gasteiger partial charge >= 0.3 is 0 Å². The Labute approximate surface area is 207 Å². The second-order valence-electron chi connectivity index (χ2n) is 8.54. The number of aromatic amines is 1. The van der Waals surface area contributed by atoms with Crippen molar-refractivity contribution in [3.05, 3.63) is 120 Å². The number of rotatable bonds is 9. The number of aryl methyl sites for hydroxylation is 1. The van der Waals surface area contributed by atoms with Crippen LogP contribution in [0.15, 0.2) is 114 Å². The highest BCUT2D eigenvalue weighted by Crippen LogP contribution is 2.27. The molecule has 174 valence electrons. The lowest BCUT2D eigenvalue weighted by atomic mass is 10.0. The Hall–Kier alpha value is -3.96. The Morgan fingerprint density at radius 2 is 1.54 bits per heavy atom. The van der Waals surface area contributed by atoms with Gasteiger partial charge in [-0.2, -0.15) is 0 Å². The first-order chi connectivity index (χ1) is 17.2. The van der Waals surface area contributed by atoms with Crippen molar-refractivity contribution < 1.29 is 9.00 Å². The highest BCUT2D eigenvalue weighted by molar-refractivity contribution is 7.86. The lowest BCUT2D eigenvalue weighted by Crippen LogP contribution is -2.07. The van der Waals surface area contributed by atoms with Gasteiger partial charge in [-0.15, -0.1) is 0 Å². The lowest BCUT2D eigenvalue weighted by Gasteiger charge is -2.11. The number of hydrogen-bond acceptors (Lipinski definition) is 2. The molecule has 0 saturated carbocycles. The van der Waals surface area contributed by atoms with Crippen molar-refractivity contribution in [2.24, 2.45) is 0 Å². The van der Waals surface area contributed by atoms with Gasteiger partial charge in [-0.1, -0.05) is 72.8 Å². The second kappa shape index (κ2) is 10.5. The van der Waals surface area contributed by atoms with E-state index in [1.165, 1.54) is 5.39 Å². The summed E-state index contributed by atoms with van der Waals surface area (Å²) in [5.74, 6) is 0.206. The van der Waals surface area contributed by atoms with Gasteiger partial charge in [0.15, 0.2) is 11.0 Å². The summed E-state index contributed by atoms with van der Waals surface area (Å²) in [4.78, 5) is 16.5. The first kappa shape index (κ1) is 22.8. The van der Waals surface area contributed by atoms with Crippen molar-refractivity contribution in [2.75, 3.05) is 4.72 Å². The average Bonchev–Trinajstić information content (AvgIpc) is 3.37. The molecule has 4 nitrogen and oxygen atoms in total. The van der Waals surface area contributed by atoms with E-state index in [9.17, 15) is 9.00 Å². The van der Waals surface area contributed by atoms with Crippen molar-refractivity contribution in [2.45, 2.75) is 24.2 Å². The molecule has 0 fully saturated rings. The number of benzene rings is 4. The fraction of sp³-hybridized carbons (Fsp3) is 0.100. The van der Waals surface area contributed by atoms with Crippen LogP contribution in [-0.4, -0.2) is 15.0 Å². The van der Waals surface area contributed by atoms with Crippen LogP contribution in [0.2, 0.25) is 0 Å². The molecule has 0 aliphatic heterocycles. The third kappa shape index (κ3) is 5.58. The summed E-state index contributed by atoms with van der Waals surface area (Å²) in [6, 6.07) is 33.6. The molecule has 1 heterocycles. The van der Waals surface area contributed by atoms with E-state index in [4.69, 9.17) is 0 Å². The Bertz CT molecular complexity index is 1470. The molecule has 1 aromatic heterocycles. The zero-order chi connectivity index (χ0) is 24.0. The number of carbonyl (C=O) groups is 1. The molecule has 35 heavy (non-hydrogen) atoms. The molecule has 5 heteroatoms. The molecule has 5 aromatic rings. The maximum Gasteiger partial charge on any atom is 0.150 e. The molecule has 1 atom stereocenters. The topological polar surface area (TPSA) is 62.0 Å². The predicted molar refractivity (Wildman–Crippen MR) is 144 cm³/mol. The van der Waals surface area contributed by atoms with Gasteiger partial charge in [-0.25, -0.2) is 4.21 Å². The first-order valence-electron chi connectivity index (χ1n) is 11.7. The van der Waals surface area contributed by atoms with Crippen molar-refractivity contribution in [1.29, 1.82) is 0 Å². The summed E-state index contributed by atoms with van der Waals surface area (Å²) in [6.45, 7) is 0. The maximum atomic E-state index is 13.1. The van der Waals surface area contributed by atoms with Gasteiger partial charge in [-0.05, 0) is 64.4 Å². The third-order valence-corrected chi connectivity index (χ3v) is 7.23. The summed E-state index contributed by atoms with van der Waals surface area (Å²) in [5, 5.41) is 1.18. The summed E-state index contributed by atoms with van der Waals surface area (Å²) >= 11 is 0. The molecular weight excluding hydrogens is 452 g/mol. The summed E-state index contributed by atoms with van der Waals surface area (Å²) < 4.78 is 16.2. The third-order valence-electron chi connectivity index (χ3n) is 6.05. The first-order valence-corrected chi connectivity index (χ1v) is 12.8. The fourth-order valence-electron chi connectivity index (χ4n) is 4.19. The summed E-state index contributed by atoms with van der Waals surface area (Å²) in [6.07, 6.45) is 3.56. The van der Waals surface area contributed by atoms with Crippen LogP contribution in [0.4, 0.5) is 5.69 Å². The Morgan fingerprint density at radius 1 is 0.800 bits per heavy atom. The molecule has 2 N–H and O–H groups in total. The molecule has 0 saturated heterocycles. The second-order valence-corrected chi connectivity index (χ2v) is 9.73. The minimum Gasteiger partial charge on any atom is -0.361 e. The number of nitrogens with one attached hydrogen (secondary N) is 2. The number of hydrogen-bond donors (Lipinski definition) is 2. The van der Waals surface area contributed by atoms with E-state index in [0.717, 1.165) is 44.8 Å². The van der Waals surface area contributed by atoms with Gasteiger partial charge in [0, 0.05) is 30.2 Å². The van der Waals surface area contributed by atoms with Crippen molar-refractivity contribution in [1.82, 2.24) is 4.98 Å². The normalized spacial score (nSPS) is 11.9. The van der Waals surface area contributed by atoms with E-state index in [0.29, 0.717) is 12.8 Å². The highest BCUT2D eigenvalue weighted by Gasteiger charge is 2.12. The van der Waals surface area contributed by atoms with E-state index in [-0.39, 0.29) is 5.78 Å². The number of aromatic nitrogens is 1. The Balaban J connectivity index is 1.18. The van der Waals surface area contributed by atoms with Gasteiger partial charge in [0.25, 0.3) is 0 Å². The number of ketones is 1. The van der Waals surface area contributed by atoms with Crippen molar-refractivity contribution in [3.8, 4) is 11.1 Å². The van der Waals surface area contributed by atoms with Gasteiger partial charge in [0.1, 0.15) is 5.78 Å². The van der Waals surface area contributed by atoms with E-state index >= 15 is 0 Å². The number of Topliss-reactive ketones (excluding diaryl/α,β-unsaturated/α-hetero) is 1. The highest BCUT2D eigenvalue weighted by atomic mass is 32.2. The Morgan fingerprint density at radius 3 is 2.37 bits per heavy atom. The van der Waals surface area contributed by atoms with Crippen LogP contribution in [0.5, 0.6) is 0 Å². The zero-order valence-electron chi connectivity index (χ0n) is 19.2. The molecule has 5 rings (SSSR count). The maximum absolute atomic E-state index is 13.1. The van der Waals surface area contributed by atoms with Crippen molar-refractivity contribution >= 4 is 33.4 Å². The van der Waals surface area contributed by atoms with Gasteiger partial charge in [0.2, 0.25) is 0 Å². The molecule has 1 unspecified atom stereocenters. The number of anilines is 1. The lowest BCUT2D eigenvalue weighted by molar-refractivity contribution is -0.118. The average molecular weight is 479 g/mol. The van der Waals surface area contributed by atoms with Crippen LogP contribution in [-0.2, 0) is 28.6 Å². The molecule has 0 spiro atoms. The minimum absolute atomic E-state index is 0.206. The van der Waals surface area contributed by atoms with Gasteiger partial charge in [-0.3, -0.25) is 4.79 Å². The van der Waals surface area contributed by atoms with Crippen LogP contribution >= 0.6 is 0 Å². The fourth-order valence-corrected chi connectivity index (χ4v) is 5.24. The molecule has 0 bridgehead atoms. The number of carbonyl (C=O) groups excluding carboxylic acids is 1. The largest absolute Gasteiger partial charge is 0.361 e. The van der Waals surface area contributed by atoms with E-state index < -0.39 is 11.0 Å². The van der Waals surface area contributed by atoms with Crippen LogP contribution in [0.3, 0.4) is 0 Å². The van der Waals surface area contributed by atoms with E-state index in [1.807, 2.05) is 91.1 Å². The molecule has 4 aromatic carbocycles. The van der Waals surface area contributed by atoms with Crippen LogP contribution < -0.4 is 4.72 Å². The zero-order valence-corrected chi connectivity index (χ0v) is 20.1. The number of H-pyrrole nitrogens is 1. The summed E-state index contributed by atoms with van der Waals surface area (Å²) in [5.41, 5.74) is 5.93. The summed E-state index contributed by atoms with van der Waals surface area (Å²) in [7, 11) is -1.41. The smallest absolute Gasteiger partial charge is 0.150 e. The van der Waals surface area contributed by atoms with Crippen molar-refractivity contribution in [3.63, 3.8) is 0 Å².